The van der Waals surface area contributed by atoms with E-state index in [1.54, 1.807) is 6.92 Å². The van der Waals surface area contributed by atoms with Crippen LogP contribution in [0.15, 0.2) is 29.2 Å². The number of carbonyl (C=O) groups is 2. The van der Waals surface area contributed by atoms with Crippen LogP contribution in [0.25, 0.3) is 0 Å². The van der Waals surface area contributed by atoms with Crippen LogP contribution in [0.1, 0.15) is 5.56 Å². The van der Waals surface area contributed by atoms with Crippen molar-refractivity contribution < 1.29 is 37.5 Å². The summed E-state index contributed by atoms with van der Waals surface area (Å²) in [5, 5.41) is 26.4. The van der Waals surface area contributed by atoms with Gasteiger partial charge in [-0.15, -0.1) is 0 Å². The first-order valence-corrected chi connectivity index (χ1v) is 6.69. The fraction of sp³-hybridized carbons (Fsp3) is 0.273. The smallest absolute Gasteiger partial charge is 0.337 e. The highest BCUT2D eigenvalue weighted by atomic mass is 32.2. The van der Waals surface area contributed by atoms with Crippen LogP contribution >= 0.6 is 0 Å². The second-order valence-electron chi connectivity index (χ2n) is 3.91. The first kappa shape index (κ1) is 16.1. The molecule has 9 heteroatoms. The zero-order valence-electron chi connectivity index (χ0n) is 10.3. The molecule has 0 aromatic heterocycles. The number of hydrogen-bond donors (Lipinski definition) is 3. The molecule has 20 heavy (non-hydrogen) atoms. The third kappa shape index (κ3) is 3.76. The Labute approximate surface area is 114 Å². The van der Waals surface area contributed by atoms with Crippen molar-refractivity contribution in [3.05, 3.63) is 29.8 Å². The molecule has 1 rings (SSSR count). The molecule has 3 N–H and O–H groups in total. The molecule has 2 unspecified atom stereocenters. The van der Waals surface area contributed by atoms with Gasteiger partial charge in [0.2, 0.25) is 6.10 Å². The van der Waals surface area contributed by atoms with Crippen molar-refractivity contribution >= 4 is 22.1 Å². The Morgan fingerprint density at radius 1 is 1.10 bits per heavy atom. The first-order chi connectivity index (χ1) is 9.15. The predicted octanol–water partition coefficient (Wildman–Crippen LogP) is -0.401. The van der Waals surface area contributed by atoms with Crippen molar-refractivity contribution in [1.82, 2.24) is 0 Å². The second-order valence-corrected chi connectivity index (χ2v) is 5.48. The summed E-state index contributed by atoms with van der Waals surface area (Å²) in [5.41, 5.74) is 0.768. The van der Waals surface area contributed by atoms with Gasteiger partial charge >= 0.3 is 11.9 Å². The molecular weight excluding hydrogens is 292 g/mol. The zero-order chi connectivity index (χ0) is 15.5. The van der Waals surface area contributed by atoms with Gasteiger partial charge in [-0.25, -0.2) is 13.8 Å². The van der Waals surface area contributed by atoms with Crippen molar-refractivity contribution in [3.63, 3.8) is 0 Å². The molecule has 0 saturated carbocycles. The highest BCUT2D eigenvalue weighted by Crippen LogP contribution is 2.16. The van der Waals surface area contributed by atoms with Crippen LogP contribution in [-0.2, 0) is 23.9 Å². The van der Waals surface area contributed by atoms with E-state index < -0.39 is 34.3 Å². The number of hydrogen-bond acceptors (Lipinski definition) is 6. The molecule has 0 bridgehead atoms. The summed E-state index contributed by atoms with van der Waals surface area (Å²) in [6, 6.07) is 5.27. The van der Waals surface area contributed by atoms with Crippen molar-refractivity contribution in [2.75, 3.05) is 0 Å². The number of aryl methyl sites for hydroxylation is 1. The molecule has 0 amide bonds. The van der Waals surface area contributed by atoms with Crippen LogP contribution in [-0.4, -0.2) is 47.9 Å². The normalized spacial score (nSPS) is 14.5. The molecule has 8 nitrogen and oxygen atoms in total. The van der Waals surface area contributed by atoms with Gasteiger partial charge in [-0.2, -0.15) is 8.42 Å². The Morgan fingerprint density at radius 3 is 2.00 bits per heavy atom. The largest absolute Gasteiger partial charge is 0.479 e. The fourth-order valence-corrected chi connectivity index (χ4v) is 2.30. The summed E-state index contributed by atoms with van der Waals surface area (Å²) < 4.78 is 27.9. The number of aliphatic carboxylic acids is 2. The van der Waals surface area contributed by atoms with Crippen molar-refractivity contribution in [1.29, 1.82) is 0 Å². The molecule has 0 heterocycles. The number of aliphatic hydroxyl groups excluding tert-OH is 1. The number of benzene rings is 1. The third-order valence-corrected chi connectivity index (χ3v) is 3.63. The van der Waals surface area contributed by atoms with E-state index in [9.17, 15) is 18.0 Å². The Hall–Kier alpha value is -1.97. The summed E-state index contributed by atoms with van der Waals surface area (Å²) in [7, 11) is -4.50. The van der Waals surface area contributed by atoms with E-state index in [-0.39, 0.29) is 4.90 Å². The Bertz CT molecular complexity index is 604. The summed E-state index contributed by atoms with van der Waals surface area (Å²) in [5.74, 6) is -3.81. The lowest BCUT2D eigenvalue weighted by atomic mass is 10.2. The van der Waals surface area contributed by atoms with Gasteiger partial charge in [-0.3, -0.25) is 0 Å². The maximum absolute atomic E-state index is 11.8. The van der Waals surface area contributed by atoms with E-state index in [4.69, 9.17) is 15.3 Å². The molecule has 0 radical (unpaired) electrons. The molecule has 0 spiro atoms. The van der Waals surface area contributed by atoms with Gasteiger partial charge in [0.15, 0.2) is 6.10 Å². The quantitative estimate of drug-likeness (QED) is 0.603. The fourth-order valence-electron chi connectivity index (χ4n) is 1.26. The van der Waals surface area contributed by atoms with Gasteiger partial charge in [-0.1, -0.05) is 17.7 Å². The average molecular weight is 304 g/mol. The molecule has 1 aromatic carbocycles. The monoisotopic (exact) mass is 304 g/mol. The average Bonchev–Trinajstić information content (AvgIpc) is 2.35. The lowest BCUT2D eigenvalue weighted by Crippen LogP contribution is -2.42. The standard InChI is InChI=1S/C11H12O8S/c1-6-2-4-7(5-3-6)20(17,18)19-9(11(15)16)8(12)10(13)14/h2-5,8-9,12H,1H3,(H,13,14)(H,15,16). The van der Waals surface area contributed by atoms with E-state index in [1.165, 1.54) is 24.3 Å². The summed E-state index contributed by atoms with van der Waals surface area (Å²) in [6.45, 7) is 1.71. The number of carboxylic acids is 2. The van der Waals surface area contributed by atoms with E-state index in [1.807, 2.05) is 0 Å². The van der Waals surface area contributed by atoms with Crippen LogP contribution in [0.3, 0.4) is 0 Å². The first-order valence-electron chi connectivity index (χ1n) is 5.29. The van der Waals surface area contributed by atoms with Crippen molar-refractivity contribution in [2.45, 2.75) is 24.0 Å². The maximum Gasteiger partial charge on any atom is 0.337 e. The topological polar surface area (TPSA) is 138 Å². The van der Waals surface area contributed by atoms with Crippen LogP contribution in [0, 0.1) is 6.92 Å². The molecular formula is C11H12O8S. The Balaban J connectivity index is 3.06. The van der Waals surface area contributed by atoms with E-state index >= 15 is 0 Å². The molecule has 0 fully saturated rings. The molecule has 1 aromatic rings. The van der Waals surface area contributed by atoms with Crippen molar-refractivity contribution in [2.24, 2.45) is 0 Å². The molecule has 0 aliphatic heterocycles. The van der Waals surface area contributed by atoms with Gasteiger partial charge in [0.1, 0.15) is 0 Å². The highest BCUT2D eigenvalue weighted by Gasteiger charge is 2.37. The summed E-state index contributed by atoms with van der Waals surface area (Å²) in [6.07, 6.45) is -4.94. The molecule has 2 atom stereocenters. The van der Waals surface area contributed by atoms with Crippen LogP contribution < -0.4 is 0 Å². The summed E-state index contributed by atoms with van der Waals surface area (Å²) in [4.78, 5) is 21.0. The van der Waals surface area contributed by atoms with Crippen LogP contribution in [0.2, 0.25) is 0 Å². The van der Waals surface area contributed by atoms with Gasteiger partial charge in [0, 0.05) is 0 Å². The van der Waals surface area contributed by atoms with Crippen molar-refractivity contribution in [3.8, 4) is 0 Å². The maximum atomic E-state index is 11.8. The number of rotatable bonds is 6. The van der Waals surface area contributed by atoms with Gasteiger partial charge in [0.05, 0.1) is 4.90 Å². The SMILES string of the molecule is Cc1ccc(S(=O)(=O)OC(C(=O)O)C(O)C(=O)O)cc1. The van der Waals surface area contributed by atoms with Crippen LogP contribution in [0.4, 0.5) is 0 Å². The van der Waals surface area contributed by atoms with Gasteiger partial charge < -0.3 is 15.3 Å². The molecule has 0 saturated heterocycles. The lowest BCUT2D eigenvalue weighted by molar-refractivity contribution is -0.163. The minimum atomic E-state index is -4.50. The number of aliphatic hydroxyl groups is 1. The minimum Gasteiger partial charge on any atom is -0.479 e. The Kier molecular flexibility index (Phi) is 4.82. The Morgan fingerprint density at radius 2 is 1.60 bits per heavy atom. The lowest BCUT2D eigenvalue weighted by Gasteiger charge is -2.16. The molecule has 110 valence electrons. The minimum absolute atomic E-state index is 0.341. The highest BCUT2D eigenvalue weighted by molar-refractivity contribution is 7.86. The van der Waals surface area contributed by atoms with Gasteiger partial charge in [-0.05, 0) is 19.1 Å². The van der Waals surface area contributed by atoms with Crippen LogP contribution in [0.5, 0.6) is 0 Å². The zero-order valence-corrected chi connectivity index (χ0v) is 11.1. The molecule has 0 aliphatic rings. The van der Waals surface area contributed by atoms with E-state index in [0.29, 0.717) is 0 Å². The van der Waals surface area contributed by atoms with E-state index in [2.05, 4.69) is 4.18 Å². The third-order valence-electron chi connectivity index (χ3n) is 2.32. The van der Waals surface area contributed by atoms with E-state index in [0.717, 1.165) is 5.56 Å². The molecule has 0 aliphatic carbocycles. The predicted molar refractivity (Wildman–Crippen MR) is 64.5 cm³/mol. The summed E-state index contributed by atoms with van der Waals surface area (Å²) >= 11 is 0. The second kappa shape index (κ2) is 5.99. The van der Waals surface area contributed by atoms with Gasteiger partial charge in [0.25, 0.3) is 10.1 Å². The number of carboxylic acid groups (broad SMARTS) is 2.